The van der Waals surface area contributed by atoms with Gasteiger partial charge in [0.1, 0.15) is 24.4 Å². The Morgan fingerprint density at radius 3 is 2.33 bits per heavy atom. The van der Waals surface area contributed by atoms with E-state index in [9.17, 15) is 15.3 Å². The van der Waals surface area contributed by atoms with Crippen LogP contribution in [0.1, 0.15) is 13.3 Å². The zero-order valence-electron chi connectivity index (χ0n) is 8.61. The Kier molecular flexibility index (Phi) is 4.91. The molecule has 0 unspecified atom stereocenters. The number of hydrogen-bond acceptors (Lipinski definition) is 6. The van der Waals surface area contributed by atoms with Gasteiger partial charge in [-0.2, -0.15) is 0 Å². The van der Waals surface area contributed by atoms with Gasteiger partial charge in [-0.3, -0.25) is 0 Å². The molecule has 1 heterocycles. The SMILES string of the molecule is CCCO[C@H]1O[C@H](CO)[C@@H](O)[C@@H](O)[C@H]1O. The van der Waals surface area contributed by atoms with E-state index in [-0.39, 0.29) is 0 Å². The smallest absolute Gasteiger partial charge is 0.186 e. The lowest BCUT2D eigenvalue weighted by Gasteiger charge is -2.39. The van der Waals surface area contributed by atoms with Crippen molar-refractivity contribution in [1.82, 2.24) is 0 Å². The minimum atomic E-state index is -1.36. The fraction of sp³-hybridized carbons (Fsp3) is 1.00. The fourth-order valence-corrected chi connectivity index (χ4v) is 1.44. The molecule has 0 bridgehead atoms. The van der Waals surface area contributed by atoms with Gasteiger partial charge in [-0.15, -0.1) is 0 Å². The summed E-state index contributed by atoms with van der Waals surface area (Å²) in [6, 6.07) is 0. The fourth-order valence-electron chi connectivity index (χ4n) is 1.44. The first-order valence-corrected chi connectivity index (χ1v) is 5.04. The Morgan fingerprint density at radius 1 is 1.13 bits per heavy atom. The van der Waals surface area contributed by atoms with Crippen molar-refractivity contribution in [3.63, 3.8) is 0 Å². The third-order valence-corrected chi connectivity index (χ3v) is 2.33. The molecule has 1 aliphatic heterocycles. The van der Waals surface area contributed by atoms with Gasteiger partial charge < -0.3 is 29.9 Å². The largest absolute Gasteiger partial charge is 0.394 e. The average Bonchev–Trinajstić information content (AvgIpc) is 2.25. The molecule has 0 aromatic rings. The van der Waals surface area contributed by atoms with Crippen molar-refractivity contribution >= 4 is 0 Å². The van der Waals surface area contributed by atoms with Crippen molar-refractivity contribution in [2.75, 3.05) is 13.2 Å². The highest BCUT2D eigenvalue weighted by atomic mass is 16.7. The third kappa shape index (κ3) is 2.87. The lowest BCUT2D eigenvalue weighted by molar-refractivity contribution is -0.300. The van der Waals surface area contributed by atoms with Gasteiger partial charge in [0.25, 0.3) is 0 Å². The molecule has 15 heavy (non-hydrogen) atoms. The van der Waals surface area contributed by atoms with Gasteiger partial charge in [0, 0.05) is 6.61 Å². The summed E-state index contributed by atoms with van der Waals surface area (Å²) in [7, 11) is 0. The van der Waals surface area contributed by atoms with Crippen LogP contribution >= 0.6 is 0 Å². The molecular formula is C9H18O6. The first kappa shape index (κ1) is 12.8. The summed E-state index contributed by atoms with van der Waals surface area (Å²) in [4.78, 5) is 0. The van der Waals surface area contributed by atoms with E-state index in [1.165, 1.54) is 0 Å². The van der Waals surface area contributed by atoms with Gasteiger partial charge in [-0.05, 0) is 6.42 Å². The molecule has 6 heteroatoms. The predicted molar refractivity (Wildman–Crippen MR) is 50.0 cm³/mol. The van der Waals surface area contributed by atoms with E-state index in [2.05, 4.69) is 0 Å². The van der Waals surface area contributed by atoms with Crippen LogP contribution in [-0.2, 0) is 9.47 Å². The minimum absolute atomic E-state index is 0.378. The lowest BCUT2D eigenvalue weighted by Crippen LogP contribution is -2.59. The topological polar surface area (TPSA) is 99.4 Å². The Balaban J connectivity index is 2.57. The van der Waals surface area contributed by atoms with Gasteiger partial charge in [0.05, 0.1) is 6.61 Å². The molecule has 0 saturated carbocycles. The molecule has 0 radical (unpaired) electrons. The van der Waals surface area contributed by atoms with E-state index in [1.807, 2.05) is 6.92 Å². The molecule has 1 aliphatic rings. The predicted octanol–water partition coefficient (Wildman–Crippen LogP) is -1.79. The van der Waals surface area contributed by atoms with E-state index < -0.39 is 37.3 Å². The minimum Gasteiger partial charge on any atom is -0.394 e. The van der Waals surface area contributed by atoms with E-state index in [0.29, 0.717) is 6.61 Å². The maximum atomic E-state index is 9.51. The van der Waals surface area contributed by atoms with Gasteiger partial charge in [-0.25, -0.2) is 0 Å². The highest BCUT2D eigenvalue weighted by Gasteiger charge is 2.43. The maximum absolute atomic E-state index is 9.51. The van der Waals surface area contributed by atoms with Crippen molar-refractivity contribution in [3.8, 4) is 0 Å². The van der Waals surface area contributed by atoms with Crippen LogP contribution in [0.5, 0.6) is 0 Å². The molecule has 0 aromatic carbocycles. The zero-order chi connectivity index (χ0) is 11.4. The Labute approximate surface area is 88.1 Å². The third-order valence-electron chi connectivity index (χ3n) is 2.33. The highest BCUT2D eigenvalue weighted by Crippen LogP contribution is 2.21. The zero-order valence-corrected chi connectivity index (χ0v) is 8.61. The molecule has 0 aliphatic carbocycles. The van der Waals surface area contributed by atoms with Crippen molar-refractivity contribution in [3.05, 3.63) is 0 Å². The van der Waals surface area contributed by atoms with Crippen LogP contribution in [0.15, 0.2) is 0 Å². The molecule has 1 fully saturated rings. The van der Waals surface area contributed by atoms with Crippen LogP contribution in [0.25, 0.3) is 0 Å². The molecule has 1 rings (SSSR count). The molecule has 0 amide bonds. The first-order valence-electron chi connectivity index (χ1n) is 5.04. The molecule has 1 saturated heterocycles. The number of rotatable bonds is 4. The number of ether oxygens (including phenoxy) is 2. The van der Waals surface area contributed by atoms with Crippen LogP contribution in [0.3, 0.4) is 0 Å². The summed E-state index contributed by atoms with van der Waals surface area (Å²) in [6.45, 7) is 1.84. The van der Waals surface area contributed by atoms with Crippen molar-refractivity contribution in [1.29, 1.82) is 0 Å². The van der Waals surface area contributed by atoms with Crippen molar-refractivity contribution in [2.24, 2.45) is 0 Å². The van der Waals surface area contributed by atoms with Gasteiger partial charge >= 0.3 is 0 Å². The van der Waals surface area contributed by atoms with Crippen LogP contribution in [0.4, 0.5) is 0 Å². The Bertz CT molecular complexity index is 185. The summed E-state index contributed by atoms with van der Waals surface area (Å²) >= 11 is 0. The standard InChI is InChI=1S/C9H18O6/c1-2-3-14-9-8(13)7(12)6(11)5(4-10)15-9/h5-13H,2-4H2,1H3/t5-,6-,7-,8-,9+/m1/s1. The molecular weight excluding hydrogens is 204 g/mol. The van der Waals surface area contributed by atoms with Crippen LogP contribution < -0.4 is 0 Å². The summed E-state index contributed by atoms with van der Waals surface area (Å²) < 4.78 is 10.2. The molecule has 0 spiro atoms. The normalized spacial score (nSPS) is 41.8. The van der Waals surface area contributed by atoms with Crippen molar-refractivity contribution < 1.29 is 29.9 Å². The molecule has 90 valence electrons. The second-order valence-electron chi connectivity index (χ2n) is 3.57. The second-order valence-corrected chi connectivity index (χ2v) is 3.57. The maximum Gasteiger partial charge on any atom is 0.186 e. The first-order chi connectivity index (χ1) is 7.11. The van der Waals surface area contributed by atoms with Gasteiger partial charge in [-0.1, -0.05) is 6.92 Å². The Morgan fingerprint density at radius 2 is 1.80 bits per heavy atom. The Hall–Kier alpha value is -0.240. The van der Waals surface area contributed by atoms with Crippen LogP contribution in [0.2, 0.25) is 0 Å². The monoisotopic (exact) mass is 222 g/mol. The van der Waals surface area contributed by atoms with E-state index in [1.54, 1.807) is 0 Å². The number of hydrogen-bond donors (Lipinski definition) is 4. The average molecular weight is 222 g/mol. The van der Waals surface area contributed by atoms with E-state index >= 15 is 0 Å². The summed E-state index contributed by atoms with van der Waals surface area (Å²) in [6.07, 6.45) is -5.14. The van der Waals surface area contributed by atoms with E-state index in [4.69, 9.17) is 14.6 Å². The second kappa shape index (κ2) is 5.74. The molecule has 5 atom stereocenters. The van der Waals surface area contributed by atoms with Gasteiger partial charge in [0.15, 0.2) is 6.29 Å². The highest BCUT2D eigenvalue weighted by molar-refractivity contribution is 4.88. The van der Waals surface area contributed by atoms with Gasteiger partial charge in [0.2, 0.25) is 0 Å². The quantitative estimate of drug-likeness (QED) is 0.448. The number of aliphatic hydroxyl groups is 4. The summed E-state index contributed by atoms with van der Waals surface area (Å²) in [5.74, 6) is 0. The summed E-state index contributed by atoms with van der Waals surface area (Å²) in [5, 5.41) is 37.2. The summed E-state index contributed by atoms with van der Waals surface area (Å²) in [5.41, 5.74) is 0. The number of aliphatic hydroxyl groups excluding tert-OH is 4. The molecule has 4 N–H and O–H groups in total. The molecule has 0 aromatic heterocycles. The van der Waals surface area contributed by atoms with Crippen LogP contribution in [-0.4, -0.2) is 64.3 Å². The van der Waals surface area contributed by atoms with E-state index in [0.717, 1.165) is 6.42 Å². The molecule has 6 nitrogen and oxygen atoms in total. The van der Waals surface area contributed by atoms with Crippen LogP contribution in [0, 0.1) is 0 Å². The van der Waals surface area contributed by atoms with Crippen molar-refractivity contribution in [2.45, 2.75) is 44.1 Å². The lowest BCUT2D eigenvalue weighted by atomic mass is 9.99.